The molecule has 0 saturated carbocycles. The summed E-state index contributed by atoms with van der Waals surface area (Å²) in [6.45, 7) is 1.90. The van der Waals surface area contributed by atoms with E-state index in [1.54, 1.807) is 36.4 Å². The maximum atomic E-state index is 13.0. The number of halogens is 1. The number of carbonyl (C=O) groups is 4. The lowest BCUT2D eigenvalue weighted by molar-refractivity contribution is -0.129. The molecule has 1 unspecified atom stereocenters. The first kappa shape index (κ1) is 18.8. The highest BCUT2D eigenvalue weighted by Crippen LogP contribution is 2.26. The predicted molar refractivity (Wildman–Crippen MR) is 99.2 cm³/mol. The smallest absolute Gasteiger partial charge is 0.251 e. The molecule has 1 aliphatic rings. The minimum atomic E-state index is -1.26. The van der Waals surface area contributed by atoms with Crippen LogP contribution in [0, 0.1) is 18.8 Å². The molecule has 7 heteroatoms. The van der Waals surface area contributed by atoms with E-state index in [1.165, 1.54) is 12.1 Å². The Bertz CT molecular complexity index is 891. The Kier molecular flexibility index (Phi) is 5.37. The lowest BCUT2D eigenvalue weighted by Crippen LogP contribution is -2.35. The van der Waals surface area contributed by atoms with Gasteiger partial charge in [-0.1, -0.05) is 41.4 Å². The molecule has 27 heavy (non-hydrogen) atoms. The van der Waals surface area contributed by atoms with Gasteiger partial charge in [0.2, 0.25) is 0 Å². The summed E-state index contributed by atoms with van der Waals surface area (Å²) in [5, 5.41) is 0.454. The normalized spacial score (nSPS) is 15.2. The molecule has 1 fully saturated rings. The summed E-state index contributed by atoms with van der Waals surface area (Å²) >= 11 is 5.85. The summed E-state index contributed by atoms with van der Waals surface area (Å²) in [6, 6.07) is 13.0. The van der Waals surface area contributed by atoms with Gasteiger partial charge in [-0.15, -0.1) is 0 Å². The van der Waals surface area contributed by atoms with E-state index < -0.39 is 29.4 Å². The zero-order valence-electron chi connectivity index (χ0n) is 14.5. The number of hydrogen-bond donors (Lipinski definition) is 2. The first-order valence-electron chi connectivity index (χ1n) is 8.36. The summed E-state index contributed by atoms with van der Waals surface area (Å²) in [5.41, 5.74) is 6.13. The maximum Gasteiger partial charge on any atom is 0.251 e. The minimum Gasteiger partial charge on any atom is -0.294 e. The third-order valence-electron chi connectivity index (χ3n) is 4.52. The van der Waals surface area contributed by atoms with Crippen molar-refractivity contribution in [1.82, 2.24) is 10.9 Å². The Morgan fingerprint density at radius 2 is 1.44 bits per heavy atom. The van der Waals surface area contributed by atoms with Gasteiger partial charge in [-0.3, -0.25) is 30.0 Å². The van der Waals surface area contributed by atoms with E-state index in [0.29, 0.717) is 10.6 Å². The molecule has 6 nitrogen and oxygen atoms in total. The summed E-state index contributed by atoms with van der Waals surface area (Å²) in [6.07, 6.45) is -0.254. The fourth-order valence-corrected chi connectivity index (χ4v) is 3.14. The predicted octanol–water partition coefficient (Wildman–Crippen LogP) is 2.50. The maximum absolute atomic E-state index is 13.0. The van der Waals surface area contributed by atoms with Crippen LogP contribution in [-0.4, -0.2) is 23.4 Å². The lowest BCUT2D eigenvalue weighted by atomic mass is 9.80. The second kappa shape index (κ2) is 7.72. The van der Waals surface area contributed by atoms with Crippen molar-refractivity contribution in [1.29, 1.82) is 0 Å². The Balaban J connectivity index is 1.92. The average Bonchev–Trinajstić information content (AvgIpc) is 2.98. The number of carbonyl (C=O) groups excluding carboxylic acids is 4. The van der Waals surface area contributed by atoms with Gasteiger partial charge in [0.25, 0.3) is 11.8 Å². The van der Waals surface area contributed by atoms with Gasteiger partial charge in [-0.05, 0) is 31.2 Å². The Morgan fingerprint density at radius 1 is 0.926 bits per heavy atom. The third kappa shape index (κ3) is 4.06. The molecule has 2 N–H and O–H groups in total. The molecule has 2 aromatic carbocycles. The standard InChI is InChI=1S/C20H17ClN2O4/c1-11-2-4-12(5-3-11)16(24)10-15(17-19(26)22-23-20(17)27)18(25)13-6-8-14(21)9-7-13/h2-9,15,17H,10H2,1H3,(H,22,26)(H,23,27). The van der Waals surface area contributed by atoms with Crippen LogP contribution in [0.3, 0.4) is 0 Å². The summed E-state index contributed by atoms with van der Waals surface area (Å²) in [5.74, 6) is -4.38. The number of nitrogens with one attached hydrogen (secondary N) is 2. The molecule has 2 aromatic rings. The van der Waals surface area contributed by atoms with E-state index in [1.807, 2.05) is 6.92 Å². The van der Waals surface area contributed by atoms with Gasteiger partial charge in [0.1, 0.15) is 5.92 Å². The van der Waals surface area contributed by atoms with Crippen molar-refractivity contribution in [2.75, 3.05) is 0 Å². The van der Waals surface area contributed by atoms with Gasteiger partial charge in [0, 0.05) is 22.6 Å². The van der Waals surface area contributed by atoms with Crippen molar-refractivity contribution >= 4 is 35.0 Å². The molecule has 138 valence electrons. The number of hydrazine groups is 1. The van der Waals surface area contributed by atoms with Crippen LogP contribution in [0.1, 0.15) is 32.7 Å². The van der Waals surface area contributed by atoms with Crippen LogP contribution in [-0.2, 0) is 9.59 Å². The second-order valence-electron chi connectivity index (χ2n) is 6.43. The van der Waals surface area contributed by atoms with Gasteiger partial charge < -0.3 is 0 Å². The molecule has 0 aliphatic carbocycles. The van der Waals surface area contributed by atoms with E-state index in [2.05, 4.69) is 10.9 Å². The van der Waals surface area contributed by atoms with Crippen LogP contribution < -0.4 is 10.9 Å². The summed E-state index contributed by atoms with van der Waals surface area (Å²) < 4.78 is 0. The van der Waals surface area contributed by atoms with Crippen LogP contribution in [0.5, 0.6) is 0 Å². The van der Waals surface area contributed by atoms with E-state index >= 15 is 0 Å². The molecule has 0 radical (unpaired) electrons. The first-order valence-corrected chi connectivity index (χ1v) is 8.74. The Hall–Kier alpha value is -2.99. The number of rotatable bonds is 6. The average molecular weight is 385 g/mol. The molecule has 2 amide bonds. The van der Waals surface area contributed by atoms with Crippen molar-refractivity contribution in [3.63, 3.8) is 0 Å². The Morgan fingerprint density at radius 3 is 2.00 bits per heavy atom. The molecule has 0 bridgehead atoms. The molecular formula is C20H17ClN2O4. The number of Topliss-reactive ketones (excluding diaryl/α,β-unsaturated/α-hetero) is 2. The van der Waals surface area contributed by atoms with Crippen LogP contribution in [0.2, 0.25) is 5.02 Å². The van der Waals surface area contributed by atoms with Gasteiger partial charge in [-0.2, -0.15) is 0 Å². The number of ketones is 2. The molecule has 1 saturated heterocycles. The fourth-order valence-electron chi connectivity index (χ4n) is 3.01. The Labute approximate surface area is 160 Å². The van der Waals surface area contributed by atoms with Crippen molar-refractivity contribution in [3.05, 3.63) is 70.2 Å². The van der Waals surface area contributed by atoms with Crippen molar-refractivity contribution < 1.29 is 19.2 Å². The SMILES string of the molecule is Cc1ccc(C(=O)CC(C(=O)c2ccc(Cl)cc2)C2C(=O)NNC2=O)cc1. The molecule has 1 aliphatic heterocycles. The summed E-state index contributed by atoms with van der Waals surface area (Å²) in [4.78, 5) is 49.9. The quantitative estimate of drug-likeness (QED) is 0.591. The topological polar surface area (TPSA) is 92.3 Å². The minimum absolute atomic E-state index is 0.254. The van der Waals surface area contributed by atoms with Crippen LogP contribution in [0.25, 0.3) is 0 Å². The first-order chi connectivity index (χ1) is 12.9. The number of amides is 2. The van der Waals surface area contributed by atoms with Crippen molar-refractivity contribution in [2.45, 2.75) is 13.3 Å². The largest absolute Gasteiger partial charge is 0.294 e. The molecule has 1 heterocycles. The van der Waals surface area contributed by atoms with Crippen LogP contribution in [0.15, 0.2) is 48.5 Å². The second-order valence-corrected chi connectivity index (χ2v) is 6.86. The van der Waals surface area contributed by atoms with E-state index in [9.17, 15) is 19.2 Å². The van der Waals surface area contributed by atoms with E-state index in [0.717, 1.165) is 5.56 Å². The third-order valence-corrected chi connectivity index (χ3v) is 4.77. The number of aryl methyl sites for hydroxylation is 1. The van der Waals surface area contributed by atoms with E-state index in [-0.39, 0.29) is 17.8 Å². The molecule has 0 spiro atoms. The lowest BCUT2D eigenvalue weighted by Gasteiger charge is -2.18. The monoisotopic (exact) mass is 384 g/mol. The van der Waals surface area contributed by atoms with Gasteiger partial charge in [-0.25, -0.2) is 0 Å². The number of hydrogen-bond acceptors (Lipinski definition) is 4. The molecule has 3 rings (SSSR count). The number of benzene rings is 2. The van der Waals surface area contributed by atoms with Crippen molar-refractivity contribution in [2.24, 2.45) is 11.8 Å². The highest BCUT2D eigenvalue weighted by atomic mass is 35.5. The zero-order valence-corrected chi connectivity index (χ0v) is 15.2. The van der Waals surface area contributed by atoms with Crippen LogP contribution in [0.4, 0.5) is 0 Å². The molecular weight excluding hydrogens is 368 g/mol. The van der Waals surface area contributed by atoms with Gasteiger partial charge >= 0.3 is 0 Å². The fraction of sp³-hybridized carbons (Fsp3) is 0.200. The van der Waals surface area contributed by atoms with Crippen molar-refractivity contribution in [3.8, 4) is 0 Å². The van der Waals surface area contributed by atoms with Crippen LogP contribution >= 0.6 is 11.6 Å². The molecule has 0 aromatic heterocycles. The van der Waals surface area contributed by atoms with Gasteiger partial charge in [0.15, 0.2) is 11.6 Å². The molecule has 1 atom stereocenters. The van der Waals surface area contributed by atoms with Gasteiger partial charge in [0.05, 0.1) is 5.92 Å². The summed E-state index contributed by atoms with van der Waals surface area (Å²) in [7, 11) is 0. The van der Waals surface area contributed by atoms with E-state index in [4.69, 9.17) is 11.6 Å². The highest BCUT2D eigenvalue weighted by molar-refractivity contribution is 6.30. The zero-order chi connectivity index (χ0) is 19.6. The highest BCUT2D eigenvalue weighted by Gasteiger charge is 2.44.